The summed E-state index contributed by atoms with van der Waals surface area (Å²) < 4.78 is 0. The van der Waals surface area contributed by atoms with Crippen molar-refractivity contribution in [2.24, 2.45) is 10.7 Å². The molecule has 3 rings (SSSR count). The van der Waals surface area contributed by atoms with E-state index in [4.69, 9.17) is 5.73 Å². The fourth-order valence-electron chi connectivity index (χ4n) is 2.38. The van der Waals surface area contributed by atoms with E-state index < -0.39 is 0 Å². The van der Waals surface area contributed by atoms with Gasteiger partial charge in [-0.25, -0.2) is 4.99 Å². The van der Waals surface area contributed by atoms with E-state index in [2.05, 4.69) is 11.6 Å². The van der Waals surface area contributed by atoms with Gasteiger partial charge in [0.25, 0.3) is 0 Å². The quantitative estimate of drug-likeness (QED) is 0.738. The van der Waals surface area contributed by atoms with E-state index in [-0.39, 0.29) is 0 Å². The van der Waals surface area contributed by atoms with E-state index in [1.165, 1.54) is 15.3 Å². The molecule has 1 aliphatic carbocycles. The van der Waals surface area contributed by atoms with E-state index in [1.807, 2.05) is 0 Å². The van der Waals surface area contributed by atoms with Crippen LogP contribution in [0, 0.1) is 0 Å². The smallest absolute Gasteiger partial charge is 0.138 e. The second kappa shape index (κ2) is 3.28. The van der Waals surface area contributed by atoms with Crippen LogP contribution in [0.2, 0.25) is 0 Å². The molecule has 0 spiro atoms. The van der Waals surface area contributed by atoms with Crippen molar-refractivity contribution in [3.05, 3.63) is 33.2 Å². The number of amidine groups is 1. The Labute approximate surface area is 97.7 Å². The van der Waals surface area contributed by atoms with Crippen LogP contribution in [0.3, 0.4) is 0 Å². The van der Waals surface area contributed by atoms with Crippen LogP contribution in [-0.2, 0) is 24.1 Å². The predicted octanol–water partition coefficient (Wildman–Crippen LogP) is 1.58. The first-order valence-electron chi connectivity index (χ1n) is 5.32. The van der Waals surface area contributed by atoms with E-state index in [1.54, 1.807) is 11.3 Å². The molecule has 0 saturated heterocycles. The van der Waals surface area contributed by atoms with Crippen LogP contribution in [0.4, 0.5) is 0 Å². The molecule has 1 aromatic heterocycles. The van der Waals surface area contributed by atoms with Gasteiger partial charge in [0.1, 0.15) is 11.6 Å². The summed E-state index contributed by atoms with van der Waals surface area (Å²) in [7, 11) is 0. The van der Waals surface area contributed by atoms with Crippen molar-refractivity contribution in [3.8, 4) is 0 Å². The third-order valence-corrected chi connectivity index (χ3v) is 4.31. The van der Waals surface area contributed by atoms with Gasteiger partial charge in [0.2, 0.25) is 0 Å². The Morgan fingerprint density at radius 3 is 2.88 bits per heavy atom. The van der Waals surface area contributed by atoms with Gasteiger partial charge in [0.05, 0.1) is 0 Å². The second-order valence-corrected chi connectivity index (χ2v) is 5.45. The van der Waals surface area contributed by atoms with Crippen molar-refractivity contribution in [1.82, 2.24) is 0 Å². The van der Waals surface area contributed by atoms with Gasteiger partial charge in [-0.2, -0.15) is 0 Å². The van der Waals surface area contributed by atoms with Crippen molar-refractivity contribution in [2.45, 2.75) is 25.7 Å². The lowest BCUT2D eigenvalue weighted by Gasteiger charge is -2.15. The Morgan fingerprint density at radius 2 is 2.06 bits per heavy atom. The SMILES string of the molecule is C=C1Cc2sc3c(c2C(N)=N1)CCC(=O)C3. The molecule has 3 nitrogen and oxygen atoms in total. The minimum Gasteiger partial charge on any atom is -0.383 e. The number of nitrogens with two attached hydrogens (primary N) is 1. The van der Waals surface area contributed by atoms with Gasteiger partial charge in [-0.1, -0.05) is 6.58 Å². The summed E-state index contributed by atoms with van der Waals surface area (Å²) in [4.78, 5) is 18.1. The summed E-state index contributed by atoms with van der Waals surface area (Å²) in [6.07, 6.45) is 2.82. The summed E-state index contributed by atoms with van der Waals surface area (Å²) in [5, 5.41) is 0. The molecule has 1 aromatic rings. The zero-order valence-corrected chi connectivity index (χ0v) is 9.69. The average molecular weight is 232 g/mol. The van der Waals surface area contributed by atoms with Gasteiger partial charge in [-0.05, 0) is 12.0 Å². The second-order valence-electron chi connectivity index (χ2n) is 4.26. The normalized spacial score (nSPS) is 19.1. The summed E-state index contributed by atoms with van der Waals surface area (Å²) in [6, 6.07) is 0. The van der Waals surface area contributed by atoms with Crippen molar-refractivity contribution < 1.29 is 4.79 Å². The Balaban J connectivity index is 2.17. The maximum Gasteiger partial charge on any atom is 0.138 e. The van der Waals surface area contributed by atoms with Gasteiger partial charge in [-0.15, -0.1) is 11.3 Å². The number of carbonyl (C=O) groups is 1. The summed E-state index contributed by atoms with van der Waals surface area (Å²) in [5.74, 6) is 0.915. The third kappa shape index (κ3) is 1.33. The Bertz CT molecular complexity index is 539. The van der Waals surface area contributed by atoms with Gasteiger partial charge >= 0.3 is 0 Å². The van der Waals surface area contributed by atoms with E-state index >= 15 is 0 Å². The lowest BCUT2D eigenvalue weighted by molar-refractivity contribution is -0.118. The molecule has 0 amide bonds. The minimum atomic E-state index is 0.334. The van der Waals surface area contributed by atoms with Crippen LogP contribution in [0.25, 0.3) is 0 Å². The molecule has 4 heteroatoms. The number of ketones is 1. The fraction of sp³-hybridized carbons (Fsp3) is 0.333. The first-order chi connectivity index (χ1) is 7.65. The van der Waals surface area contributed by atoms with E-state index in [0.29, 0.717) is 24.5 Å². The molecule has 82 valence electrons. The van der Waals surface area contributed by atoms with Gasteiger partial charge < -0.3 is 5.73 Å². The van der Waals surface area contributed by atoms with Crippen molar-refractivity contribution in [1.29, 1.82) is 0 Å². The average Bonchev–Trinajstić information content (AvgIpc) is 2.54. The van der Waals surface area contributed by atoms with Gasteiger partial charge in [-0.3, -0.25) is 4.79 Å². The van der Waals surface area contributed by atoms with Crippen LogP contribution in [0.15, 0.2) is 17.3 Å². The summed E-state index contributed by atoms with van der Waals surface area (Å²) >= 11 is 1.71. The third-order valence-electron chi connectivity index (χ3n) is 3.07. The molecular weight excluding hydrogens is 220 g/mol. The van der Waals surface area contributed by atoms with Crippen LogP contribution in [0.1, 0.15) is 27.3 Å². The minimum absolute atomic E-state index is 0.334. The highest BCUT2D eigenvalue weighted by Gasteiger charge is 2.27. The highest BCUT2D eigenvalue weighted by atomic mass is 32.1. The molecule has 1 aliphatic heterocycles. The number of thiophene rings is 1. The van der Waals surface area contributed by atoms with E-state index in [0.717, 1.165) is 24.1 Å². The topological polar surface area (TPSA) is 55.4 Å². The lowest BCUT2D eigenvalue weighted by Crippen LogP contribution is -2.21. The Morgan fingerprint density at radius 1 is 1.25 bits per heavy atom. The largest absolute Gasteiger partial charge is 0.383 e. The molecule has 0 fully saturated rings. The van der Waals surface area contributed by atoms with Crippen LogP contribution in [-0.4, -0.2) is 11.6 Å². The number of nitrogens with zero attached hydrogens (tertiary/aromatic N) is 1. The molecule has 2 heterocycles. The number of rotatable bonds is 0. The lowest BCUT2D eigenvalue weighted by atomic mass is 9.92. The van der Waals surface area contributed by atoms with Gasteiger partial charge in [0.15, 0.2) is 0 Å². The number of hydrogen-bond acceptors (Lipinski definition) is 4. The first kappa shape index (κ1) is 9.78. The maximum absolute atomic E-state index is 11.4. The zero-order chi connectivity index (χ0) is 11.3. The highest BCUT2D eigenvalue weighted by Crippen LogP contribution is 2.36. The molecule has 0 aromatic carbocycles. The Kier molecular flexibility index (Phi) is 2.01. The summed E-state index contributed by atoms with van der Waals surface area (Å²) in [5.41, 5.74) is 9.12. The number of hydrogen-bond donors (Lipinski definition) is 1. The summed E-state index contributed by atoms with van der Waals surface area (Å²) in [6.45, 7) is 3.86. The number of fused-ring (bicyclic) bond motifs is 3. The molecule has 0 bridgehead atoms. The molecule has 2 N–H and O–H groups in total. The predicted molar refractivity (Wildman–Crippen MR) is 64.9 cm³/mol. The van der Waals surface area contributed by atoms with Crippen molar-refractivity contribution in [3.63, 3.8) is 0 Å². The number of allylic oxidation sites excluding steroid dienone is 1. The first-order valence-corrected chi connectivity index (χ1v) is 6.14. The van der Waals surface area contributed by atoms with Crippen molar-refractivity contribution >= 4 is 23.0 Å². The standard InChI is InChI=1S/C12H12N2OS/c1-6-4-10-11(12(13)14-6)8-3-2-7(15)5-9(8)16-10/h1-5H2,(H2,13,14). The molecule has 0 radical (unpaired) electrons. The van der Waals surface area contributed by atoms with Crippen molar-refractivity contribution in [2.75, 3.05) is 0 Å². The van der Waals surface area contributed by atoms with Gasteiger partial charge in [0, 0.05) is 40.3 Å². The number of Topliss-reactive ketones (excluding diaryl/α,β-unsaturated/α-hetero) is 1. The van der Waals surface area contributed by atoms with E-state index in [9.17, 15) is 4.79 Å². The van der Waals surface area contributed by atoms with Crippen LogP contribution < -0.4 is 5.73 Å². The fourth-order valence-corrected chi connectivity index (χ4v) is 3.81. The molecule has 0 unspecified atom stereocenters. The zero-order valence-electron chi connectivity index (χ0n) is 8.88. The number of aliphatic imine (C=N–C) groups is 1. The monoisotopic (exact) mass is 232 g/mol. The molecule has 2 aliphatic rings. The molecular formula is C12H12N2OS. The molecule has 16 heavy (non-hydrogen) atoms. The molecule has 0 saturated carbocycles. The molecule has 0 atom stereocenters. The van der Waals surface area contributed by atoms with Crippen LogP contribution in [0.5, 0.6) is 0 Å². The van der Waals surface area contributed by atoms with Crippen LogP contribution >= 0.6 is 11.3 Å². The maximum atomic E-state index is 11.4. The highest BCUT2D eigenvalue weighted by molar-refractivity contribution is 7.12. The Hall–Kier alpha value is -1.42. The number of carbonyl (C=O) groups excluding carboxylic acids is 1.